The lowest BCUT2D eigenvalue weighted by atomic mass is 9.96. The van der Waals surface area contributed by atoms with Gasteiger partial charge in [-0.3, -0.25) is 37.7 Å². The summed E-state index contributed by atoms with van der Waals surface area (Å²) in [5, 5.41) is 44.0. The first-order valence-corrected chi connectivity index (χ1v) is 22.5. The molecule has 5 aromatic rings. The van der Waals surface area contributed by atoms with Crippen LogP contribution in [0, 0.1) is 0 Å². The standard InChI is InChI=1S/C29H36ClN10O19P3/c1-29(46)20(43)15(57-26(29)40-11-38(17-22(40)35-28(32)37-24(17)45)6-7-53-13-4-2-12(30)3-5-13)9-55-61(49,50)59-62(51,52)58-60(47,48)54-8-14-18(41)19(42)25(56-14)39-10-33-16-21(39)34-27(31)36-23(16)44/h2-5,10-11,14-15,18-20,25-26,41-43,46H,6-9H2,1H3,(H8-,31,32,34,35,36,37,44,45,47,48,49,50,51,52)/p+1/t14-,15-,18-,19-,20-,25-,26-,29-/m1/s1. The third-order valence-corrected chi connectivity index (χ3v) is 13.9. The van der Waals surface area contributed by atoms with Gasteiger partial charge < -0.3 is 60.8 Å². The van der Waals surface area contributed by atoms with E-state index in [1.54, 1.807) is 24.3 Å². The van der Waals surface area contributed by atoms with Crippen LogP contribution in [-0.2, 0) is 47.4 Å². The predicted molar refractivity (Wildman–Crippen MR) is 204 cm³/mol. The highest BCUT2D eigenvalue weighted by atomic mass is 35.5. The van der Waals surface area contributed by atoms with Gasteiger partial charge in [0, 0.05) is 5.02 Å². The van der Waals surface area contributed by atoms with E-state index in [2.05, 4.69) is 38.1 Å². The normalized spacial score (nSPS) is 28.2. The maximum absolute atomic E-state index is 13.0. The van der Waals surface area contributed by atoms with E-state index in [0.29, 0.717) is 10.8 Å². The molecule has 2 aliphatic heterocycles. The molecule has 29 nitrogen and oxygen atoms in total. The molecule has 1 aromatic carbocycles. The summed E-state index contributed by atoms with van der Waals surface area (Å²) in [6, 6.07) is 6.47. The largest absolute Gasteiger partial charge is 0.490 e. The number of anilines is 2. The molecule has 0 aliphatic carbocycles. The molecule has 0 bridgehead atoms. The third-order valence-electron chi connectivity index (χ3n) is 9.39. The number of benzene rings is 1. The number of ether oxygens (including phenoxy) is 3. The number of phosphoric ester groups is 2. The Kier molecular flexibility index (Phi) is 12.6. The van der Waals surface area contributed by atoms with Crippen LogP contribution >= 0.6 is 35.1 Å². The summed E-state index contributed by atoms with van der Waals surface area (Å²) in [5.74, 6) is -0.172. The molecule has 13 N–H and O–H groups in total. The summed E-state index contributed by atoms with van der Waals surface area (Å²) in [4.78, 5) is 72.1. The van der Waals surface area contributed by atoms with Gasteiger partial charge >= 0.3 is 29.1 Å². The molecule has 2 fully saturated rings. The molecule has 4 aromatic heterocycles. The number of nitrogen functional groups attached to an aromatic ring is 2. The number of aromatic nitrogens is 8. The molecule has 2 aliphatic rings. The van der Waals surface area contributed by atoms with Gasteiger partial charge in [-0.15, -0.1) is 0 Å². The van der Waals surface area contributed by atoms with Crippen molar-refractivity contribution in [3.8, 4) is 5.75 Å². The van der Waals surface area contributed by atoms with E-state index >= 15 is 0 Å². The van der Waals surface area contributed by atoms with Gasteiger partial charge in [0.1, 0.15) is 55.0 Å². The smallest absolute Gasteiger partial charge is 0.490 e. The summed E-state index contributed by atoms with van der Waals surface area (Å²) >= 11 is 5.92. The average molecular weight is 958 g/mol. The van der Waals surface area contributed by atoms with E-state index in [1.165, 1.54) is 10.9 Å². The van der Waals surface area contributed by atoms with E-state index in [1.807, 2.05) is 0 Å². The molecular weight excluding hydrogens is 921 g/mol. The van der Waals surface area contributed by atoms with Crippen molar-refractivity contribution < 1.29 is 85.2 Å². The minimum absolute atomic E-state index is 0.0191. The number of rotatable bonds is 16. The van der Waals surface area contributed by atoms with Crippen LogP contribution < -0.4 is 31.9 Å². The second-order valence-electron chi connectivity index (χ2n) is 13.8. The maximum Gasteiger partial charge on any atom is 0.490 e. The van der Waals surface area contributed by atoms with Crippen LogP contribution in [0.1, 0.15) is 19.4 Å². The molecular formula is C29H37ClN10O19P3+. The highest BCUT2D eigenvalue weighted by Crippen LogP contribution is 2.68. The quantitative estimate of drug-likeness (QED) is 0.0378. The number of aliphatic hydroxyl groups is 4. The zero-order chi connectivity index (χ0) is 45.1. The number of nitrogens with zero attached hydrogens (tertiary/aromatic N) is 6. The lowest BCUT2D eigenvalue weighted by molar-refractivity contribution is -0.752. The molecule has 3 unspecified atom stereocenters. The highest BCUT2D eigenvalue weighted by Gasteiger charge is 2.57. The Balaban J connectivity index is 0.969. The highest BCUT2D eigenvalue weighted by molar-refractivity contribution is 7.66. The van der Waals surface area contributed by atoms with Crippen LogP contribution in [0.5, 0.6) is 5.75 Å². The molecule has 7 rings (SSSR count). The fourth-order valence-electron chi connectivity index (χ4n) is 6.57. The molecule has 0 saturated carbocycles. The van der Waals surface area contributed by atoms with Gasteiger partial charge in [0.15, 0.2) is 23.7 Å². The first-order valence-electron chi connectivity index (χ1n) is 17.6. The summed E-state index contributed by atoms with van der Waals surface area (Å²) < 4.78 is 76.1. The number of halogens is 1. The lowest BCUT2D eigenvalue weighted by Crippen LogP contribution is -2.53. The van der Waals surface area contributed by atoms with Crippen LogP contribution in [0.25, 0.3) is 22.3 Å². The van der Waals surface area contributed by atoms with Crippen molar-refractivity contribution in [1.29, 1.82) is 0 Å². The van der Waals surface area contributed by atoms with Gasteiger partial charge in [-0.1, -0.05) is 16.6 Å². The van der Waals surface area contributed by atoms with Gasteiger partial charge in [-0.25, -0.2) is 23.2 Å². The van der Waals surface area contributed by atoms with E-state index in [0.717, 1.165) is 22.4 Å². The van der Waals surface area contributed by atoms with E-state index in [9.17, 15) is 58.4 Å². The van der Waals surface area contributed by atoms with Crippen LogP contribution in [0.4, 0.5) is 11.9 Å². The van der Waals surface area contributed by atoms with Crippen LogP contribution in [0.15, 0.2) is 46.5 Å². The lowest BCUT2D eigenvalue weighted by Gasteiger charge is -2.25. The maximum atomic E-state index is 13.0. The minimum Gasteiger partial charge on any atom is -0.490 e. The fourth-order valence-corrected chi connectivity index (χ4v) is 10.2. The minimum atomic E-state index is -6.06. The number of aromatic amines is 2. The van der Waals surface area contributed by atoms with Crippen LogP contribution in [-0.4, -0.2) is 125 Å². The number of fused-ring (bicyclic) bond motifs is 2. The number of nitrogens with two attached hydrogens (primary N) is 2. The Morgan fingerprint density at radius 1 is 0.903 bits per heavy atom. The third kappa shape index (κ3) is 9.49. The summed E-state index contributed by atoms with van der Waals surface area (Å²) in [6.07, 6.45) is -9.65. The Hall–Kier alpha value is -4.22. The zero-order valence-electron chi connectivity index (χ0n) is 31.4. The molecule has 0 spiro atoms. The molecule has 338 valence electrons. The van der Waals surface area contributed by atoms with Gasteiger partial charge in [0.05, 0.1) is 19.5 Å². The fraction of sp³-hybridized carbons (Fsp3) is 0.448. The monoisotopic (exact) mass is 957 g/mol. The van der Waals surface area contributed by atoms with Gasteiger partial charge in [0.25, 0.3) is 17.1 Å². The Bertz CT molecular complexity index is 2750. The summed E-state index contributed by atoms with van der Waals surface area (Å²) in [5.41, 5.74) is 7.13. The van der Waals surface area contributed by atoms with Crippen molar-refractivity contribution in [3.63, 3.8) is 0 Å². The Labute approximate surface area is 349 Å². The summed E-state index contributed by atoms with van der Waals surface area (Å²) in [6.45, 7) is -1.07. The predicted octanol–water partition coefficient (Wildman–Crippen LogP) is -1.96. The Morgan fingerprint density at radius 3 is 2.18 bits per heavy atom. The van der Waals surface area contributed by atoms with E-state index in [4.69, 9.17) is 41.8 Å². The number of H-pyrrole nitrogens is 2. The number of hydrogen-bond acceptors (Lipinski definition) is 21. The van der Waals surface area contributed by atoms with E-state index < -0.39 is 96.4 Å². The summed E-state index contributed by atoms with van der Waals surface area (Å²) in [7, 11) is -17.6. The molecule has 33 heteroatoms. The van der Waals surface area contributed by atoms with Crippen molar-refractivity contribution >= 4 is 69.3 Å². The van der Waals surface area contributed by atoms with Gasteiger partial charge in [-0.2, -0.15) is 13.6 Å². The van der Waals surface area contributed by atoms with Gasteiger partial charge in [-0.05, 0) is 31.2 Å². The number of phosphoric acid groups is 3. The van der Waals surface area contributed by atoms with Crippen LogP contribution in [0.2, 0.25) is 5.02 Å². The number of hydrogen-bond donors (Lipinski definition) is 11. The molecule has 0 radical (unpaired) electrons. The SMILES string of the molecule is C[C@@]1(O)[C@H](O)[C@@H](COP(=O)(O)OP(=O)(O)OP(=O)(O)OC[C@H]2O[C@@H](n3cnc4c(=O)[nH]c(N)nc43)[C@H](O)[C@@H]2O)O[C@H]1[n+]1cn(CCOc2ccc(Cl)cc2)c2c(=O)[nH]c(N)nc21. The molecule has 11 atom stereocenters. The first-order chi connectivity index (χ1) is 28.9. The van der Waals surface area contributed by atoms with E-state index in [-0.39, 0.29) is 47.4 Å². The molecule has 0 amide bonds. The van der Waals surface area contributed by atoms with Crippen molar-refractivity contribution in [2.24, 2.45) is 0 Å². The number of nitrogens with one attached hydrogen (secondary N) is 2. The number of imidazole rings is 2. The molecule has 6 heterocycles. The Morgan fingerprint density at radius 2 is 1.52 bits per heavy atom. The van der Waals surface area contributed by atoms with Crippen molar-refractivity contribution in [2.45, 2.75) is 62.0 Å². The zero-order valence-corrected chi connectivity index (χ0v) is 34.9. The number of aliphatic hydroxyl groups excluding tert-OH is 3. The van der Waals surface area contributed by atoms with Crippen molar-refractivity contribution in [3.05, 3.63) is 62.7 Å². The van der Waals surface area contributed by atoms with Crippen molar-refractivity contribution in [1.82, 2.24) is 34.1 Å². The second kappa shape index (κ2) is 17.1. The molecule has 62 heavy (non-hydrogen) atoms. The topological polar surface area (TPSA) is 428 Å². The first kappa shape index (κ1) is 45.8. The second-order valence-corrected chi connectivity index (χ2v) is 18.9. The van der Waals surface area contributed by atoms with Crippen LogP contribution in [0.3, 0.4) is 0 Å². The average Bonchev–Trinajstić information content (AvgIpc) is 3.88. The van der Waals surface area contributed by atoms with Crippen molar-refractivity contribution in [2.75, 3.05) is 31.3 Å². The molecule has 2 saturated heterocycles. The van der Waals surface area contributed by atoms with Gasteiger partial charge in [0.2, 0.25) is 17.7 Å².